The fourth-order valence-corrected chi connectivity index (χ4v) is 5.09. The summed E-state index contributed by atoms with van der Waals surface area (Å²) in [5.74, 6) is 0.225. The molecule has 1 fully saturated rings. The molecule has 0 atom stereocenters. The smallest absolute Gasteiger partial charge is 0.254 e. The number of pyridine rings is 1. The van der Waals surface area contributed by atoms with Gasteiger partial charge in [0.05, 0.1) is 23.1 Å². The Hall–Kier alpha value is -3.28. The predicted molar refractivity (Wildman–Crippen MR) is 120 cm³/mol. The van der Waals surface area contributed by atoms with E-state index in [1.54, 1.807) is 17.0 Å². The van der Waals surface area contributed by atoms with Crippen molar-refractivity contribution in [1.29, 1.82) is 0 Å². The topological polar surface area (TPSA) is 59.5 Å². The Labute approximate surface area is 186 Å². The molecule has 0 aliphatic carbocycles. The van der Waals surface area contributed by atoms with Gasteiger partial charge in [-0.3, -0.25) is 14.6 Å². The van der Waals surface area contributed by atoms with Crippen LogP contribution >= 0.6 is 0 Å². The quantitative estimate of drug-likeness (QED) is 0.547. The van der Waals surface area contributed by atoms with Crippen molar-refractivity contribution in [2.75, 3.05) is 13.1 Å². The Kier molecular flexibility index (Phi) is 4.77. The molecule has 0 N–H and O–H groups in total. The van der Waals surface area contributed by atoms with E-state index in [1.807, 2.05) is 32.9 Å². The lowest BCUT2D eigenvalue weighted by Crippen LogP contribution is -2.52. The number of piperidine rings is 1. The van der Waals surface area contributed by atoms with Gasteiger partial charge in [0.2, 0.25) is 0 Å². The van der Waals surface area contributed by atoms with E-state index in [2.05, 4.69) is 4.98 Å². The highest BCUT2D eigenvalue weighted by molar-refractivity contribution is 6.06. The fraction of sp³-hybridized carbons (Fsp3) is 0.346. The number of ether oxygens (including phenoxy) is 1. The first kappa shape index (κ1) is 20.6. The van der Waals surface area contributed by atoms with E-state index in [4.69, 9.17) is 4.74 Å². The van der Waals surface area contributed by atoms with Crippen LogP contribution in [0.15, 0.2) is 36.4 Å². The van der Waals surface area contributed by atoms with E-state index < -0.39 is 11.4 Å². The minimum Gasteiger partial charge on any atom is -0.486 e. The van der Waals surface area contributed by atoms with E-state index in [1.165, 1.54) is 12.1 Å². The number of nitrogens with zero attached hydrogens (tertiary/aromatic N) is 2. The van der Waals surface area contributed by atoms with Gasteiger partial charge in [0.25, 0.3) is 5.91 Å². The van der Waals surface area contributed by atoms with E-state index in [0.29, 0.717) is 65.8 Å². The number of aryl methyl sites for hydroxylation is 3. The molecule has 5 nitrogen and oxygen atoms in total. The van der Waals surface area contributed by atoms with E-state index in [9.17, 15) is 14.0 Å². The third-order valence-electron chi connectivity index (χ3n) is 6.62. The van der Waals surface area contributed by atoms with Gasteiger partial charge in [-0.25, -0.2) is 4.39 Å². The normalized spacial score (nSPS) is 17.4. The number of rotatable bonds is 1. The summed E-state index contributed by atoms with van der Waals surface area (Å²) in [6, 6.07) is 9.97. The Morgan fingerprint density at radius 2 is 1.84 bits per heavy atom. The molecule has 5 rings (SSSR count). The number of ketones is 1. The number of carbonyl (C=O) groups is 2. The lowest BCUT2D eigenvalue weighted by atomic mass is 9.81. The zero-order valence-corrected chi connectivity index (χ0v) is 18.5. The van der Waals surface area contributed by atoms with Gasteiger partial charge in [-0.1, -0.05) is 6.07 Å². The third kappa shape index (κ3) is 3.44. The van der Waals surface area contributed by atoms with Crippen molar-refractivity contribution < 1.29 is 18.7 Å². The van der Waals surface area contributed by atoms with Crippen LogP contribution < -0.4 is 4.74 Å². The first-order valence-electron chi connectivity index (χ1n) is 10.9. The van der Waals surface area contributed by atoms with Gasteiger partial charge >= 0.3 is 0 Å². The molecule has 0 saturated carbocycles. The molecule has 1 aromatic heterocycles. The van der Waals surface area contributed by atoms with Gasteiger partial charge in [0, 0.05) is 37.0 Å². The number of likely N-dealkylation sites (tertiary alicyclic amines) is 1. The number of aromatic nitrogens is 1. The average molecular weight is 432 g/mol. The maximum atomic E-state index is 13.9. The summed E-state index contributed by atoms with van der Waals surface area (Å²) in [4.78, 5) is 32.5. The molecule has 3 aromatic rings. The van der Waals surface area contributed by atoms with Crippen molar-refractivity contribution in [2.45, 2.75) is 45.6 Å². The maximum absolute atomic E-state index is 13.9. The number of hydrogen-bond acceptors (Lipinski definition) is 4. The van der Waals surface area contributed by atoms with Crippen LogP contribution in [-0.4, -0.2) is 40.3 Å². The summed E-state index contributed by atoms with van der Waals surface area (Å²) in [5.41, 5.74) is 3.88. The Balaban J connectivity index is 1.40. The highest BCUT2D eigenvalue weighted by Gasteiger charge is 2.44. The summed E-state index contributed by atoms with van der Waals surface area (Å²) < 4.78 is 20.3. The minimum absolute atomic E-state index is 0.106. The van der Waals surface area contributed by atoms with E-state index in [0.717, 1.165) is 11.1 Å². The molecule has 164 valence electrons. The molecule has 3 heterocycles. The van der Waals surface area contributed by atoms with Crippen molar-refractivity contribution in [2.24, 2.45) is 0 Å². The predicted octanol–water partition coefficient (Wildman–Crippen LogP) is 4.94. The molecule has 2 aliphatic rings. The summed E-state index contributed by atoms with van der Waals surface area (Å²) >= 11 is 0. The van der Waals surface area contributed by atoms with Crippen LogP contribution in [0.3, 0.4) is 0 Å². The SMILES string of the molecule is Cc1cc(C)c2c(c1)OC1(CCN(C(=O)c3cc(C)nc4ccc(F)cc34)CC1)CC2=O. The van der Waals surface area contributed by atoms with Gasteiger partial charge in [-0.05, 0) is 62.2 Å². The van der Waals surface area contributed by atoms with Crippen LogP contribution in [0, 0.1) is 26.6 Å². The largest absolute Gasteiger partial charge is 0.486 e. The van der Waals surface area contributed by atoms with Gasteiger partial charge in [-0.2, -0.15) is 0 Å². The number of hydrogen-bond donors (Lipinski definition) is 0. The van der Waals surface area contributed by atoms with Crippen molar-refractivity contribution in [1.82, 2.24) is 9.88 Å². The van der Waals surface area contributed by atoms with Crippen molar-refractivity contribution in [3.8, 4) is 5.75 Å². The minimum atomic E-state index is -0.580. The second kappa shape index (κ2) is 7.40. The number of benzene rings is 2. The fourth-order valence-electron chi connectivity index (χ4n) is 5.09. The number of halogens is 1. The first-order chi connectivity index (χ1) is 15.2. The van der Waals surface area contributed by atoms with Crippen LogP contribution in [0.5, 0.6) is 5.75 Å². The molecular weight excluding hydrogens is 407 g/mol. The zero-order valence-electron chi connectivity index (χ0n) is 18.5. The molecule has 1 saturated heterocycles. The summed E-state index contributed by atoms with van der Waals surface area (Å²) in [7, 11) is 0. The Morgan fingerprint density at radius 3 is 2.59 bits per heavy atom. The second-order valence-corrected chi connectivity index (χ2v) is 9.10. The molecular formula is C26H25FN2O3. The van der Waals surface area contributed by atoms with Gasteiger partial charge in [-0.15, -0.1) is 0 Å². The molecule has 2 aliphatic heterocycles. The summed E-state index contributed by atoms with van der Waals surface area (Å²) in [5, 5.41) is 0.518. The number of amides is 1. The van der Waals surface area contributed by atoms with Crippen LogP contribution in [-0.2, 0) is 0 Å². The third-order valence-corrected chi connectivity index (χ3v) is 6.62. The average Bonchev–Trinajstić information content (AvgIpc) is 2.72. The Bertz CT molecular complexity index is 1280. The molecule has 0 bridgehead atoms. The lowest BCUT2D eigenvalue weighted by molar-refractivity contribution is -0.00576. The van der Waals surface area contributed by atoms with Gasteiger partial charge < -0.3 is 9.64 Å². The molecule has 0 unspecified atom stereocenters. The van der Waals surface area contributed by atoms with Crippen molar-refractivity contribution in [3.63, 3.8) is 0 Å². The van der Waals surface area contributed by atoms with Crippen LogP contribution in [0.25, 0.3) is 10.9 Å². The highest BCUT2D eigenvalue weighted by atomic mass is 19.1. The molecule has 2 aromatic carbocycles. The molecule has 1 amide bonds. The van der Waals surface area contributed by atoms with Gasteiger partial charge in [0.15, 0.2) is 5.78 Å². The Morgan fingerprint density at radius 1 is 1.09 bits per heavy atom. The first-order valence-corrected chi connectivity index (χ1v) is 10.9. The second-order valence-electron chi connectivity index (χ2n) is 9.10. The van der Waals surface area contributed by atoms with Crippen molar-refractivity contribution in [3.05, 3.63) is 70.2 Å². The zero-order chi connectivity index (χ0) is 22.6. The van der Waals surface area contributed by atoms with E-state index in [-0.39, 0.29) is 11.7 Å². The van der Waals surface area contributed by atoms with E-state index >= 15 is 0 Å². The molecule has 6 heteroatoms. The van der Waals surface area contributed by atoms with Crippen LogP contribution in [0.4, 0.5) is 4.39 Å². The maximum Gasteiger partial charge on any atom is 0.254 e. The standard InChI is InChI=1S/C26H25FN2O3/c1-15-10-16(2)24-22(30)14-26(32-23(24)11-15)6-8-29(9-7-26)25(31)20-12-17(3)28-21-5-4-18(27)13-19(20)21/h4-5,10-13H,6-9,14H2,1-3H3. The van der Waals surface area contributed by atoms with Crippen molar-refractivity contribution >= 4 is 22.6 Å². The van der Waals surface area contributed by atoms with Gasteiger partial charge in [0.1, 0.15) is 17.2 Å². The number of Topliss-reactive ketones (excluding diaryl/α,β-unsaturated/α-hetero) is 1. The van der Waals surface area contributed by atoms with Crippen LogP contribution in [0.1, 0.15) is 56.8 Å². The summed E-state index contributed by atoms with van der Waals surface area (Å²) in [6.07, 6.45) is 1.48. The summed E-state index contributed by atoms with van der Waals surface area (Å²) in [6.45, 7) is 6.71. The molecule has 32 heavy (non-hydrogen) atoms. The number of fused-ring (bicyclic) bond motifs is 2. The lowest BCUT2D eigenvalue weighted by Gasteiger charge is -2.44. The molecule has 0 radical (unpaired) electrons. The number of carbonyl (C=O) groups excluding carboxylic acids is 2. The monoisotopic (exact) mass is 432 g/mol. The highest BCUT2D eigenvalue weighted by Crippen LogP contribution is 2.41. The molecule has 1 spiro atoms. The van der Waals surface area contributed by atoms with Crippen LogP contribution in [0.2, 0.25) is 0 Å².